The van der Waals surface area contributed by atoms with Crippen LogP contribution in [0.25, 0.3) is 0 Å². The molecule has 2 N–H and O–H groups in total. The largest absolute Gasteiger partial charge is 0.496 e. The number of imidazole rings is 1. The first kappa shape index (κ1) is 13.6. The second kappa shape index (κ2) is 5.89. The molecule has 0 amide bonds. The van der Waals surface area contributed by atoms with E-state index < -0.39 is 0 Å². The minimum absolute atomic E-state index is 0.442. The van der Waals surface area contributed by atoms with E-state index in [1.165, 1.54) is 11.1 Å². The highest BCUT2D eigenvalue weighted by Crippen LogP contribution is 2.27. The van der Waals surface area contributed by atoms with Crippen molar-refractivity contribution in [3.8, 4) is 5.75 Å². The van der Waals surface area contributed by atoms with Crippen LogP contribution in [0.4, 0.5) is 0 Å². The van der Waals surface area contributed by atoms with E-state index in [-0.39, 0.29) is 0 Å². The van der Waals surface area contributed by atoms with Crippen LogP contribution in [0.2, 0.25) is 0 Å². The standard InChI is InChI=1S/C15H21N3O/c1-11(2)14-6-12(4-5-15(14)19-3)8-18-9-13(7-16)17-10-18/h4-6,9-11H,7-8,16H2,1-3H3. The highest BCUT2D eigenvalue weighted by molar-refractivity contribution is 5.39. The van der Waals surface area contributed by atoms with Crippen molar-refractivity contribution in [1.82, 2.24) is 9.55 Å². The summed E-state index contributed by atoms with van der Waals surface area (Å²) >= 11 is 0. The van der Waals surface area contributed by atoms with Gasteiger partial charge in [0, 0.05) is 19.3 Å². The van der Waals surface area contributed by atoms with Crippen molar-refractivity contribution in [3.63, 3.8) is 0 Å². The molecule has 1 aromatic heterocycles. The highest BCUT2D eigenvalue weighted by atomic mass is 16.5. The van der Waals surface area contributed by atoms with Crippen molar-refractivity contribution in [2.45, 2.75) is 32.9 Å². The van der Waals surface area contributed by atoms with Crippen molar-refractivity contribution in [2.24, 2.45) is 5.73 Å². The van der Waals surface area contributed by atoms with Crippen LogP contribution < -0.4 is 10.5 Å². The quantitative estimate of drug-likeness (QED) is 0.897. The van der Waals surface area contributed by atoms with Crippen LogP contribution in [-0.4, -0.2) is 16.7 Å². The molecule has 19 heavy (non-hydrogen) atoms. The Morgan fingerprint density at radius 3 is 2.74 bits per heavy atom. The third kappa shape index (κ3) is 3.15. The SMILES string of the molecule is COc1ccc(Cn2cnc(CN)c2)cc1C(C)C. The third-order valence-corrected chi connectivity index (χ3v) is 3.18. The van der Waals surface area contributed by atoms with Gasteiger partial charge >= 0.3 is 0 Å². The predicted octanol–water partition coefficient (Wildman–Crippen LogP) is 2.52. The first-order valence-electron chi connectivity index (χ1n) is 6.51. The fourth-order valence-corrected chi connectivity index (χ4v) is 2.14. The summed E-state index contributed by atoms with van der Waals surface area (Å²) in [6.07, 6.45) is 3.81. The number of rotatable bonds is 5. The van der Waals surface area contributed by atoms with Crippen LogP contribution in [0.3, 0.4) is 0 Å². The van der Waals surface area contributed by atoms with Gasteiger partial charge in [-0.15, -0.1) is 0 Å². The molecule has 2 aromatic rings. The summed E-state index contributed by atoms with van der Waals surface area (Å²) in [5, 5.41) is 0. The lowest BCUT2D eigenvalue weighted by molar-refractivity contribution is 0.407. The molecule has 0 unspecified atom stereocenters. The van der Waals surface area contributed by atoms with E-state index in [1.54, 1.807) is 7.11 Å². The number of hydrogen-bond donors (Lipinski definition) is 1. The van der Waals surface area contributed by atoms with E-state index in [4.69, 9.17) is 10.5 Å². The second-order valence-corrected chi connectivity index (χ2v) is 4.97. The normalized spacial score (nSPS) is 11.0. The lowest BCUT2D eigenvalue weighted by atomic mass is 9.99. The lowest BCUT2D eigenvalue weighted by Gasteiger charge is -2.13. The number of ether oxygens (including phenoxy) is 1. The Kier molecular flexibility index (Phi) is 4.22. The summed E-state index contributed by atoms with van der Waals surface area (Å²) < 4.78 is 7.45. The molecular formula is C15H21N3O. The van der Waals surface area contributed by atoms with Crippen LogP contribution in [0.1, 0.15) is 36.6 Å². The molecule has 0 aliphatic heterocycles. The molecule has 4 nitrogen and oxygen atoms in total. The summed E-state index contributed by atoms with van der Waals surface area (Å²) in [5.74, 6) is 1.39. The van der Waals surface area contributed by atoms with Gasteiger partial charge < -0.3 is 15.0 Å². The molecule has 2 rings (SSSR count). The van der Waals surface area contributed by atoms with Gasteiger partial charge in [-0.1, -0.05) is 26.0 Å². The van der Waals surface area contributed by atoms with Crippen molar-refractivity contribution in [2.75, 3.05) is 7.11 Å². The molecule has 0 aliphatic carbocycles. The first-order chi connectivity index (χ1) is 9.13. The smallest absolute Gasteiger partial charge is 0.122 e. The van der Waals surface area contributed by atoms with E-state index >= 15 is 0 Å². The summed E-state index contributed by atoms with van der Waals surface area (Å²) in [6, 6.07) is 6.32. The first-order valence-corrected chi connectivity index (χ1v) is 6.51. The molecule has 4 heteroatoms. The van der Waals surface area contributed by atoms with Crippen molar-refractivity contribution < 1.29 is 4.74 Å². The lowest BCUT2D eigenvalue weighted by Crippen LogP contribution is -2.01. The van der Waals surface area contributed by atoms with Gasteiger partial charge in [-0.25, -0.2) is 4.98 Å². The molecule has 0 spiro atoms. The fourth-order valence-electron chi connectivity index (χ4n) is 2.14. The number of benzene rings is 1. The molecule has 0 radical (unpaired) electrons. The molecule has 0 atom stereocenters. The number of nitrogens with zero attached hydrogens (tertiary/aromatic N) is 2. The zero-order valence-corrected chi connectivity index (χ0v) is 11.8. The molecule has 0 saturated carbocycles. The van der Waals surface area contributed by atoms with Gasteiger partial charge in [-0.2, -0.15) is 0 Å². The minimum atomic E-state index is 0.442. The van der Waals surface area contributed by atoms with Crippen LogP contribution in [0.5, 0.6) is 5.75 Å². The van der Waals surface area contributed by atoms with Crippen molar-refractivity contribution in [1.29, 1.82) is 0 Å². The van der Waals surface area contributed by atoms with Gasteiger partial charge in [0.2, 0.25) is 0 Å². The van der Waals surface area contributed by atoms with Gasteiger partial charge in [0.05, 0.1) is 19.1 Å². The Bertz CT molecular complexity index is 546. The Morgan fingerprint density at radius 2 is 2.16 bits per heavy atom. The molecule has 0 aliphatic rings. The van der Waals surface area contributed by atoms with Crippen LogP contribution in [0.15, 0.2) is 30.7 Å². The van der Waals surface area contributed by atoms with Gasteiger partial charge in [-0.3, -0.25) is 0 Å². The molecule has 1 aromatic carbocycles. The minimum Gasteiger partial charge on any atom is -0.496 e. The van der Waals surface area contributed by atoms with Crippen LogP contribution >= 0.6 is 0 Å². The molecular weight excluding hydrogens is 238 g/mol. The highest BCUT2D eigenvalue weighted by Gasteiger charge is 2.08. The summed E-state index contributed by atoms with van der Waals surface area (Å²) in [6.45, 7) is 5.63. The summed E-state index contributed by atoms with van der Waals surface area (Å²) in [4.78, 5) is 4.24. The topological polar surface area (TPSA) is 53.1 Å². The predicted molar refractivity (Wildman–Crippen MR) is 76.3 cm³/mol. The van der Waals surface area contributed by atoms with Gasteiger partial charge in [0.15, 0.2) is 0 Å². The van der Waals surface area contributed by atoms with Crippen LogP contribution in [-0.2, 0) is 13.1 Å². The maximum Gasteiger partial charge on any atom is 0.122 e. The number of aromatic nitrogens is 2. The molecule has 0 bridgehead atoms. The number of nitrogens with two attached hydrogens (primary N) is 1. The average Bonchev–Trinajstić information content (AvgIpc) is 2.86. The van der Waals surface area contributed by atoms with E-state index in [0.717, 1.165) is 18.0 Å². The van der Waals surface area contributed by atoms with Crippen molar-refractivity contribution in [3.05, 3.63) is 47.5 Å². The maximum atomic E-state index is 5.57. The maximum absolute atomic E-state index is 5.57. The van der Waals surface area contributed by atoms with E-state index in [1.807, 2.05) is 23.2 Å². The zero-order chi connectivity index (χ0) is 13.8. The number of hydrogen-bond acceptors (Lipinski definition) is 3. The Morgan fingerprint density at radius 1 is 1.37 bits per heavy atom. The Labute approximate surface area is 114 Å². The second-order valence-electron chi connectivity index (χ2n) is 4.97. The van der Waals surface area contributed by atoms with Gasteiger partial charge in [-0.05, 0) is 23.1 Å². The summed E-state index contributed by atoms with van der Waals surface area (Å²) in [5.41, 5.74) is 8.96. The van der Waals surface area contributed by atoms with Gasteiger partial charge in [0.25, 0.3) is 0 Å². The summed E-state index contributed by atoms with van der Waals surface area (Å²) in [7, 11) is 1.71. The molecule has 102 valence electrons. The van der Waals surface area contributed by atoms with E-state index in [0.29, 0.717) is 12.5 Å². The molecule has 0 fully saturated rings. The third-order valence-electron chi connectivity index (χ3n) is 3.18. The van der Waals surface area contributed by atoms with Crippen molar-refractivity contribution >= 4 is 0 Å². The number of methoxy groups -OCH3 is 1. The van der Waals surface area contributed by atoms with Crippen LogP contribution in [0, 0.1) is 0 Å². The zero-order valence-electron chi connectivity index (χ0n) is 11.8. The molecule has 0 saturated heterocycles. The fraction of sp³-hybridized carbons (Fsp3) is 0.400. The Hall–Kier alpha value is -1.81. The van der Waals surface area contributed by atoms with E-state index in [9.17, 15) is 0 Å². The van der Waals surface area contributed by atoms with E-state index in [2.05, 4.69) is 31.0 Å². The van der Waals surface area contributed by atoms with Gasteiger partial charge in [0.1, 0.15) is 5.75 Å². The Balaban J connectivity index is 2.23. The molecule has 1 heterocycles. The average molecular weight is 259 g/mol. The monoisotopic (exact) mass is 259 g/mol.